The molecule has 0 aromatic heterocycles. The molecule has 0 radical (unpaired) electrons. The van der Waals surface area contributed by atoms with Crippen molar-refractivity contribution in [1.29, 1.82) is 0 Å². The van der Waals surface area contributed by atoms with E-state index in [1.54, 1.807) is 0 Å². The molecule has 0 atom stereocenters. The van der Waals surface area contributed by atoms with Gasteiger partial charge in [0, 0.05) is 25.3 Å². The van der Waals surface area contributed by atoms with Gasteiger partial charge in [0.05, 0.1) is 0 Å². The Kier molecular flexibility index (Phi) is 3.40. The second kappa shape index (κ2) is 5.53. The Bertz CT molecular complexity index is 648. The Morgan fingerprint density at radius 2 is 1.86 bits per heavy atom. The lowest BCUT2D eigenvalue weighted by molar-refractivity contribution is 0.261. The molecule has 0 aliphatic carbocycles. The molecule has 2 nitrogen and oxygen atoms in total. The number of hydrogen-bond acceptors (Lipinski definition) is 2. The van der Waals surface area contributed by atoms with Crippen molar-refractivity contribution in [3.05, 3.63) is 64.7 Å². The van der Waals surface area contributed by atoms with Crippen molar-refractivity contribution in [1.82, 2.24) is 4.90 Å². The summed E-state index contributed by atoms with van der Waals surface area (Å²) in [7, 11) is 0. The molecule has 0 fully saturated rings. The van der Waals surface area contributed by atoms with Crippen LogP contribution in [-0.2, 0) is 25.9 Å². The Balaban J connectivity index is 1.52. The van der Waals surface area contributed by atoms with Crippen molar-refractivity contribution < 1.29 is 0 Å². The second-order valence-corrected chi connectivity index (χ2v) is 6.25. The first-order valence-electron chi connectivity index (χ1n) is 8.03. The predicted molar refractivity (Wildman–Crippen MR) is 87.5 cm³/mol. The molecule has 21 heavy (non-hydrogen) atoms. The van der Waals surface area contributed by atoms with Crippen LogP contribution in [0.5, 0.6) is 0 Å². The van der Waals surface area contributed by atoms with Crippen LogP contribution in [-0.4, -0.2) is 18.0 Å². The van der Waals surface area contributed by atoms with E-state index in [0.717, 1.165) is 19.6 Å². The van der Waals surface area contributed by atoms with Gasteiger partial charge in [0.2, 0.25) is 0 Å². The zero-order valence-corrected chi connectivity index (χ0v) is 12.4. The molecule has 0 spiro atoms. The van der Waals surface area contributed by atoms with E-state index in [9.17, 15) is 0 Å². The topological polar surface area (TPSA) is 15.3 Å². The summed E-state index contributed by atoms with van der Waals surface area (Å²) in [5, 5.41) is 3.44. The SMILES string of the molecule is c1ccc2c(c1)CCCN(Cc1ccc3c(c1)CCN3)C2. The molecule has 108 valence electrons. The minimum absolute atomic E-state index is 1.07. The number of fused-ring (bicyclic) bond motifs is 2. The van der Waals surface area contributed by atoms with E-state index in [-0.39, 0.29) is 0 Å². The lowest BCUT2D eigenvalue weighted by atomic mass is 10.0. The number of aryl methyl sites for hydroxylation is 1. The van der Waals surface area contributed by atoms with E-state index in [2.05, 4.69) is 52.7 Å². The van der Waals surface area contributed by atoms with Crippen molar-refractivity contribution >= 4 is 5.69 Å². The molecule has 0 bridgehead atoms. The first kappa shape index (κ1) is 12.9. The summed E-state index contributed by atoms with van der Waals surface area (Å²) < 4.78 is 0. The molecule has 2 aliphatic rings. The van der Waals surface area contributed by atoms with Gasteiger partial charge in [0.1, 0.15) is 0 Å². The van der Waals surface area contributed by atoms with Crippen LogP contribution >= 0.6 is 0 Å². The molecule has 2 aliphatic heterocycles. The summed E-state index contributed by atoms with van der Waals surface area (Å²) >= 11 is 0. The van der Waals surface area contributed by atoms with Crippen molar-refractivity contribution in [3.8, 4) is 0 Å². The monoisotopic (exact) mass is 278 g/mol. The fraction of sp³-hybridized carbons (Fsp3) is 0.368. The van der Waals surface area contributed by atoms with E-state index in [4.69, 9.17) is 0 Å². The highest BCUT2D eigenvalue weighted by molar-refractivity contribution is 5.56. The zero-order valence-electron chi connectivity index (χ0n) is 12.4. The van der Waals surface area contributed by atoms with Crippen molar-refractivity contribution in [2.24, 2.45) is 0 Å². The molecule has 2 heterocycles. The summed E-state index contributed by atoms with van der Waals surface area (Å²) in [6.07, 6.45) is 3.66. The Morgan fingerprint density at radius 1 is 0.952 bits per heavy atom. The molecule has 0 saturated carbocycles. The molecular weight excluding hydrogens is 256 g/mol. The molecule has 0 unspecified atom stereocenters. The molecule has 2 aromatic carbocycles. The van der Waals surface area contributed by atoms with E-state index in [0.29, 0.717) is 0 Å². The Morgan fingerprint density at radius 3 is 2.81 bits per heavy atom. The third-order valence-electron chi connectivity index (χ3n) is 4.72. The lowest BCUT2D eigenvalue weighted by Gasteiger charge is -2.21. The van der Waals surface area contributed by atoms with Crippen LogP contribution in [0.15, 0.2) is 42.5 Å². The third-order valence-corrected chi connectivity index (χ3v) is 4.72. The van der Waals surface area contributed by atoms with Crippen molar-refractivity contribution in [3.63, 3.8) is 0 Å². The summed E-state index contributed by atoms with van der Waals surface area (Å²) in [6.45, 7) is 4.45. The molecular formula is C19H22N2. The average Bonchev–Trinajstić information content (AvgIpc) is 2.87. The van der Waals surface area contributed by atoms with Crippen molar-refractivity contribution in [2.45, 2.75) is 32.4 Å². The van der Waals surface area contributed by atoms with Crippen LogP contribution in [0.4, 0.5) is 5.69 Å². The molecule has 0 saturated heterocycles. The maximum Gasteiger partial charge on any atom is 0.0373 e. The standard InChI is InChI=1S/C19H22N2/c1-2-5-18-14-21(11-3-6-16(18)4-1)13-15-7-8-19-17(12-15)9-10-20-19/h1-2,4-5,7-8,12,20H,3,6,9-11,13-14H2. The smallest absolute Gasteiger partial charge is 0.0373 e. The number of hydrogen-bond donors (Lipinski definition) is 1. The van der Waals surface area contributed by atoms with Gasteiger partial charge >= 0.3 is 0 Å². The van der Waals surface area contributed by atoms with Crippen molar-refractivity contribution in [2.75, 3.05) is 18.4 Å². The van der Waals surface area contributed by atoms with Gasteiger partial charge in [-0.25, -0.2) is 0 Å². The quantitative estimate of drug-likeness (QED) is 0.903. The van der Waals surface area contributed by atoms with Gasteiger partial charge in [0.25, 0.3) is 0 Å². The Hall–Kier alpha value is -1.80. The van der Waals surface area contributed by atoms with Gasteiger partial charge in [-0.15, -0.1) is 0 Å². The van der Waals surface area contributed by atoms with Crippen LogP contribution in [0.2, 0.25) is 0 Å². The maximum atomic E-state index is 3.44. The second-order valence-electron chi connectivity index (χ2n) is 6.25. The number of anilines is 1. The minimum Gasteiger partial charge on any atom is -0.384 e. The molecule has 2 heteroatoms. The predicted octanol–water partition coefficient (Wildman–Crippen LogP) is 3.60. The van der Waals surface area contributed by atoms with Gasteiger partial charge in [-0.3, -0.25) is 4.90 Å². The lowest BCUT2D eigenvalue weighted by Crippen LogP contribution is -2.22. The van der Waals surface area contributed by atoms with Gasteiger partial charge in [-0.1, -0.05) is 36.4 Å². The molecule has 1 N–H and O–H groups in total. The van der Waals surface area contributed by atoms with Crippen LogP contribution in [0.1, 0.15) is 28.7 Å². The van der Waals surface area contributed by atoms with Gasteiger partial charge in [0.15, 0.2) is 0 Å². The third kappa shape index (κ3) is 2.68. The van der Waals surface area contributed by atoms with Crippen LogP contribution in [0.3, 0.4) is 0 Å². The molecule has 2 aromatic rings. The largest absolute Gasteiger partial charge is 0.384 e. The fourth-order valence-electron chi connectivity index (χ4n) is 3.62. The summed E-state index contributed by atoms with van der Waals surface area (Å²) in [5.74, 6) is 0. The highest BCUT2D eigenvalue weighted by Gasteiger charge is 2.15. The van der Waals surface area contributed by atoms with E-state index >= 15 is 0 Å². The minimum atomic E-state index is 1.07. The van der Waals surface area contributed by atoms with Gasteiger partial charge in [-0.05, 0) is 54.1 Å². The van der Waals surface area contributed by atoms with Gasteiger partial charge < -0.3 is 5.32 Å². The fourth-order valence-corrected chi connectivity index (χ4v) is 3.62. The van der Waals surface area contributed by atoms with Crippen LogP contribution < -0.4 is 5.32 Å². The summed E-state index contributed by atoms with van der Waals surface area (Å²) in [6, 6.07) is 15.9. The molecule has 4 rings (SSSR count). The number of benzene rings is 2. The van der Waals surface area contributed by atoms with E-state index in [1.165, 1.54) is 53.7 Å². The maximum absolute atomic E-state index is 3.44. The first-order valence-corrected chi connectivity index (χ1v) is 8.03. The van der Waals surface area contributed by atoms with Gasteiger partial charge in [-0.2, -0.15) is 0 Å². The number of nitrogens with one attached hydrogen (secondary N) is 1. The first-order chi connectivity index (χ1) is 10.4. The normalized spacial score (nSPS) is 17.7. The highest BCUT2D eigenvalue weighted by Crippen LogP contribution is 2.25. The summed E-state index contributed by atoms with van der Waals surface area (Å²) in [5.41, 5.74) is 7.33. The molecule has 0 amide bonds. The van der Waals surface area contributed by atoms with Crippen LogP contribution in [0.25, 0.3) is 0 Å². The average molecular weight is 278 g/mol. The number of nitrogens with zero attached hydrogens (tertiary/aromatic N) is 1. The zero-order chi connectivity index (χ0) is 14.1. The Labute approximate surface area is 126 Å². The van der Waals surface area contributed by atoms with Crippen LogP contribution in [0, 0.1) is 0 Å². The number of rotatable bonds is 2. The van der Waals surface area contributed by atoms with E-state index in [1.807, 2.05) is 0 Å². The van der Waals surface area contributed by atoms with E-state index < -0.39 is 0 Å². The highest BCUT2D eigenvalue weighted by atomic mass is 15.1. The summed E-state index contributed by atoms with van der Waals surface area (Å²) in [4.78, 5) is 2.59.